The molecule has 8 heteroatoms. The second-order valence-corrected chi connectivity index (χ2v) is 9.36. The van der Waals surface area contributed by atoms with E-state index in [1.165, 1.54) is 49.9 Å². The summed E-state index contributed by atoms with van der Waals surface area (Å²) in [4.78, 5) is 17.1. The van der Waals surface area contributed by atoms with Crippen molar-refractivity contribution in [1.29, 1.82) is 0 Å². The molecule has 7 nitrogen and oxygen atoms in total. The maximum absolute atomic E-state index is 12.1. The van der Waals surface area contributed by atoms with Gasteiger partial charge < -0.3 is 10.2 Å². The number of nitrogens with one attached hydrogen (secondary N) is 2. The number of hydrogen-bond donors (Lipinski definition) is 2. The number of carbonyl (C=O) groups is 1. The van der Waals surface area contributed by atoms with Gasteiger partial charge >= 0.3 is 6.03 Å². The molecular weight excluding hydrogens is 360 g/mol. The van der Waals surface area contributed by atoms with Crippen LogP contribution < -0.4 is 15.5 Å². The highest BCUT2D eigenvalue weighted by Crippen LogP contribution is 2.29. The van der Waals surface area contributed by atoms with Crippen LogP contribution in [0.15, 0.2) is 0 Å². The number of amides is 2. The second-order valence-electron chi connectivity index (χ2n) is 8.41. The molecule has 4 rings (SSSR count). The molecule has 3 aliphatic rings. The molecule has 1 aliphatic heterocycles. The minimum absolute atomic E-state index is 0.152. The minimum Gasteiger partial charge on any atom is -0.344 e. The predicted molar refractivity (Wildman–Crippen MR) is 110 cm³/mol. The molecule has 2 aliphatic carbocycles. The molecule has 2 saturated carbocycles. The van der Waals surface area contributed by atoms with Crippen LogP contribution in [-0.2, 0) is 0 Å². The third kappa shape index (κ3) is 4.90. The van der Waals surface area contributed by atoms with Crippen molar-refractivity contribution < 1.29 is 4.79 Å². The highest BCUT2D eigenvalue weighted by molar-refractivity contribution is 7.19. The molecule has 150 valence electrons. The van der Waals surface area contributed by atoms with E-state index in [1.54, 1.807) is 0 Å². The number of carbonyl (C=O) groups excluding carboxylic acids is 1. The Labute approximate surface area is 165 Å². The average Bonchev–Trinajstić information content (AvgIpc) is 3.35. The summed E-state index contributed by atoms with van der Waals surface area (Å²) in [5.74, 6) is 0.903. The monoisotopic (exact) mass is 392 g/mol. The Morgan fingerprint density at radius 3 is 2.41 bits per heavy atom. The zero-order valence-corrected chi connectivity index (χ0v) is 17.1. The summed E-state index contributed by atoms with van der Waals surface area (Å²) in [6.45, 7) is 6.57. The lowest BCUT2D eigenvalue weighted by molar-refractivity contribution is 0.133. The summed E-state index contributed by atoms with van der Waals surface area (Å²) in [5.41, 5.74) is 0. The quantitative estimate of drug-likeness (QED) is 0.822. The standard InChI is InChI=1S/C19H32N6OS/c1-14-6-8-16(9-7-14)24-10-12-25(13-11-24)19-23-22-18(27-19)21-17(26)20-15-4-2-3-5-15/h14-16H,2-13H2,1H3,(H2,20,21,22,26). The fraction of sp³-hybridized carbons (Fsp3) is 0.842. The van der Waals surface area contributed by atoms with Crippen molar-refractivity contribution in [2.75, 3.05) is 36.4 Å². The largest absolute Gasteiger partial charge is 0.344 e. The molecule has 0 spiro atoms. The topological polar surface area (TPSA) is 73.4 Å². The van der Waals surface area contributed by atoms with E-state index in [2.05, 4.69) is 37.6 Å². The van der Waals surface area contributed by atoms with Gasteiger partial charge in [-0.15, -0.1) is 10.2 Å². The molecule has 3 fully saturated rings. The van der Waals surface area contributed by atoms with Gasteiger partial charge in [-0.1, -0.05) is 31.1 Å². The highest BCUT2D eigenvalue weighted by Gasteiger charge is 2.28. The van der Waals surface area contributed by atoms with Gasteiger partial charge in [0.2, 0.25) is 10.3 Å². The van der Waals surface area contributed by atoms with Gasteiger partial charge in [0.15, 0.2) is 0 Å². The van der Waals surface area contributed by atoms with Gasteiger partial charge in [-0.3, -0.25) is 10.2 Å². The van der Waals surface area contributed by atoms with Crippen molar-refractivity contribution in [3.05, 3.63) is 0 Å². The van der Waals surface area contributed by atoms with E-state index >= 15 is 0 Å². The fourth-order valence-electron chi connectivity index (χ4n) is 4.67. The van der Waals surface area contributed by atoms with Gasteiger partial charge in [-0.05, 0) is 44.4 Å². The normalized spacial score (nSPS) is 27.7. The molecule has 1 aromatic heterocycles. The Hall–Kier alpha value is -1.41. The number of aromatic nitrogens is 2. The number of urea groups is 1. The number of piperazine rings is 1. The minimum atomic E-state index is -0.152. The van der Waals surface area contributed by atoms with E-state index in [4.69, 9.17) is 0 Å². The van der Waals surface area contributed by atoms with Crippen LogP contribution in [-0.4, -0.2) is 59.4 Å². The van der Waals surface area contributed by atoms with Gasteiger partial charge in [0, 0.05) is 38.3 Å². The summed E-state index contributed by atoms with van der Waals surface area (Å²) in [7, 11) is 0. The van der Waals surface area contributed by atoms with E-state index < -0.39 is 0 Å². The number of hydrogen-bond acceptors (Lipinski definition) is 6. The lowest BCUT2D eigenvalue weighted by Gasteiger charge is -2.41. The first-order valence-electron chi connectivity index (χ1n) is 10.6. The van der Waals surface area contributed by atoms with E-state index in [-0.39, 0.29) is 6.03 Å². The first-order chi connectivity index (χ1) is 13.2. The molecule has 0 unspecified atom stereocenters. The van der Waals surface area contributed by atoms with Gasteiger partial charge in [-0.2, -0.15) is 0 Å². The molecule has 0 atom stereocenters. The van der Waals surface area contributed by atoms with Crippen molar-refractivity contribution in [1.82, 2.24) is 20.4 Å². The number of rotatable bonds is 4. The molecule has 27 heavy (non-hydrogen) atoms. The Morgan fingerprint density at radius 2 is 1.70 bits per heavy atom. The van der Waals surface area contributed by atoms with E-state index in [0.29, 0.717) is 11.2 Å². The Bertz CT molecular complexity index is 615. The van der Waals surface area contributed by atoms with Crippen molar-refractivity contribution >= 4 is 27.6 Å². The van der Waals surface area contributed by atoms with Gasteiger partial charge in [0.1, 0.15) is 0 Å². The second kappa shape index (κ2) is 8.73. The molecule has 2 heterocycles. The first-order valence-corrected chi connectivity index (χ1v) is 11.4. The van der Waals surface area contributed by atoms with Crippen molar-refractivity contribution in [2.45, 2.75) is 70.4 Å². The molecule has 0 radical (unpaired) electrons. The van der Waals surface area contributed by atoms with Crippen LogP contribution in [0.3, 0.4) is 0 Å². The Kier molecular flexibility index (Phi) is 6.12. The molecule has 1 aromatic rings. The molecule has 2 amide bonds. The summed E-state index contributed by atoms with van der Waals surface area (Å²) in [5, 5.41) is 15.9. The van der Waals surface area contributed by atoms with Crippen LogP contribution in [0.2, 0.25) is 0 Å². The van der Waals surface area contributed by atoms with E-state index in [0.717, 1.165) is 56.1 Å². The smallest absolute Gasteiger partial charge is 0.321 e. The summed E-state index contributed by atoms with van der Waals surface area (Å²) in [6.07, 6.45) is 10.0. The van der Waals surface area contributed by atoms with Gasteiger partial charge in [-0.25, -0.2) is 4.79 Å². The van der Waals surface area contributed by atoms with Crippen molar-refractivity contribution in [2.24, 2.45) is 5.92 Å². The lowest BCUT2D eigenvalue weighted by atomic mass is 9.86. The predicted octanol–water partition coefficient (Wildman–Crippen LogP) is 3.30. The molecule has 2 N–H and O–H groups in total. The Morgan fingerprint density at radius 1 is 1.00 bits per heavy atom. The zero-order chi connectivity index (χ0) is 18.6. The summed E-state index contributed by atoms with van der Waals surface area (Å²) < 4.78 is 0. The van der Waals surface area contributed by atoms with Crippen molar-refractivity contribution in [3.63, 3.8) is 0 Å². The first kappa shape index (κ1) is 18.9. The third-order valence-corrected chi connectivity index (χ3v) is 7.31. The Balaban J connectivity index is 1.23. The maximum atomic E-state index is 12.1. The van der Waals surface area contributed by atoms with Crippen LogP contribution >= 0.6 is 11.3 Å². The maximum Gasteiger partial charge on any atom is 0.321 e. The number of anilines is 2. The zero-order valence-electron chi connectivity index (χ0n) is 16.3. The fourth-order valence-corrected chi connectivity index (χ4v) is 5.46. The van der Waals surface area contributed by atoms with Crippen LogP contribution in [0, 0.1) is 5.92 Å². The molecular formula is C19H32N6OS. The number of nitrogens with zero attached hydrogens (tertiary/aromatic N) is 4. The molecule has 0 aromatic carbocycles. The van der Waals surface area contributed by atoms with Crippen LogP contribution in [0.25, 0.3) is 0 Å². The molecule has 1 saturated heterocycles. The van der Waals surface area contributed by atoms with Gasteiger partial charge in [0.05, 0.1) is 0 Å². The van der Waals surface area contributed by atoms with Gasteiger partial charge in [0.25, 0.3) is 0 Å². The molecule has 0 bridgehead atoms. The average molecular weight is 393 g/mol. The highest BCUT2D eigenvalue weighted by atomic mass is 32.1. The summed E-state index contributed by atoms with van der Waals surface area (Å²) in [6, 6.07) is 0.934. The van der Waals surface area contributed by atoms with Crippen LogP contribution in [0.1, 0.15) is 58.3 Å². The van der Waals surface area contributed by atoms with E-state index in [1.807, 2.05) is 0 Å². The van der Waals surface area contributed by atoms with Crippen molar-refractivity contribution in [3.8, 4) is 0 Å². The van der Waals surface area contributed by atoms with Crippen LogP contribution in [0.5, 0.6) is 0 Å². The SMILES string of the molecule is CC1CCC(N2CCN(c3nnc(NC(=O)NC4CCCC4)s3)CC2)CC1. The van der Waals surface area contributed by atoms with E-state index in [9.17, 15) is 4.79 Å². The summed E-state index contributed by atoms with van der Waals surface area (Å²) >= 11 is 1.48. The lowest BCUT2D eigenvalue weighted by Crippen LogP contribution is -2.51. The van der Waals surface area contributed by atoms with Crippen LogP contribution in [0.4, 0.5) is 15.1 Å². The third-order valence-electron chi connectivity index (χ3n) is 6.41.